The molecule has 11 heteroatoms. The largest absolute Gasteiger partial charge is 0.476 e. The molecule has 2 heterocycles. The van der Waals surface area contributed by atoms with E-state index in [1.165, 1.54) is 19.1 Å². The van der Waals surface area contributed by atoms with Gasteiger partial charge in [-0.2, -0.15) is 4.72 Å². The summed E-state index contributed by atoms with van der Waals surface area (Å²) in [6.45, 7) is 5.26. The summed E-state index contributed by atoms with van der Waals surface area (Å²) in [5, 5.41) is 13.3. The summed E-state index contributed by atoms with van der Waals surface area (Å²) in [6, 6.07) is 13.5. The van der Waals surface area contributed by atoms with E-state index in [1.807, 2.05) is 38.1 Å². The fraction of sp³-hybridized carbons (Fsp3) is 0.296. The Morgan fingerprint density at radius 1 is 1.08 bits per heavy atom. The first-order chi connectivity index (χ1) is 18.0. The molecule has 0 saturated carbocycles. The van der Waals surface area contributed by atoms with E-state index in [4.69, 9.17) is 4.42 Å². The maximum atomic E-state index is 13.6. The number of para-hydroxylation sites is 1. The van der Waals surface area contributed by atoms with E-state index >= 15 is 0 Å². The van der Waals surface area contributed by atoms with Crippen molar-refractivity contribution < 1.29 is 27.5 Å². The Morgan fingerprint density at radius 2 is 1.76 bits per heavy atom. The first-order valence-electron chi connectivity index (χ1n) is 12.2. The predicted octanol–water partition coefficient (Wildman–Crippen LogP) is 3.96. The van der Waals surface area contributed by atoms with Gasteiger partial charge in [0.1, 0.15) is 17.8 Å². The van der Waals surface area contributed by atoms with Gasteiger partial charge in [-0.15, -0.1) is 0 Å². The molecular weight excluding hydrogens is 508 g/mol. The zero-order chi connectivity index (χ0) is 27.4. The molecule has 0 spiro atoms. The Kier molecular flexibility index (Phi) is 7.98. The number of nitrogens with one attached hydrogen (secondary N) is 3. The molecule has 0 aliphatic rings. The Balaban J connectivity index is 1.66. The van der Waals surface area contributed by atoms with Gasteiger partial charge in [-0.1, -0.05) is 50.2 Å². The molecule has 0 bridgehead atoms. The first kappa shape index (κ1) is 27.1. The molecule has 0 saturated heterocycles. The summed E-state index contributed by atoms with van der Waals surface area (Å²) in [7, 11) is -3.98. The molecule has 1 amide bonds. The average molecular weight is 539 g/mol. The van der Waals surface area contributed by atoms with Gasteiger partial charge >= 0.3 is 5.97 Å². The SMILES string of the molecule is Cc1oc([C@@H](Cc2c[nH]c3ccccc23)NC(=O)[C@H](CC(C)C)NS(=O)(=O)c2ccccc2)nc1C(=O)O. The van der Waals surface area contributed by atoms with Crippen LogP contribution in [-0.2, 0) is 21.2 Å². The number of carboxylic acids is 1. The molecule has 0 fully saturated rings. The normalized spacial score (nSPS) is 13.5. The molecule has 10 nitrogen and oxygen atoms in total. The monoisotopic (exact) mass is 538 g/mol. The number of rotatable bonds is 11. The second-order valence-corrected chi connectivity index (χ2v) is 11.2. The molecule has 4 aromatic rings. The van der Waals surface area contributed by atoms with Crippen LogP contribution >= 0.6 is 0 Å². The van der Waals surface area contributed by atoms with Crippen LogP contribution in [0, 0.1) is 12.8 Å². The van der Waals surface area contributed by atoms with Crippen molar-refractivity contribution in [1.82, 2.24) is 20.0 Å². The number of aryl methyl sites for hydroxylation is 1. The first-order valence-corrected chi connectivity index (χ1v) is 13.7. The van der Waals surface area contributed by atoms with Crippen LogP contribution in [0.4, 0.5) is 0 Å². The van der Waals surface area contributed by atoms with Gasteiger partial charge in [0, 0.05) is 23.5 Å². The minimum absolute atomic E-state index is 0.00103. The van der Waals surface area contributed by atoms with Crippen molar-refractivity contribution in [3.63, 3.8) is 0 Å². The number of carboxylic acid groups (broad SMARTS) is 1. The lowest BCUT2D eigenvalue weighted by molar-refractivity contribution is -0.124. The minimum Gasteiger partial charge on any atom is -0.476 e. The van der Waals surface area contributed by atoms with Crippen molar-refractivity contribution in [2.45, 2.75) is 50.6 Å². The molecule has 0 aliphatic carbocycles. The molecule has 0 radical (unpaired) electrons. The van der Waals surface area contributed by atoms with Gasteiger partial charge < -0.3 is 19.8 Å². The van der Waals surface area contributed by atoms with E-state index in [9.17, 15) is 23.1 Å². The van der Waals surface area contributed by atoms with Crippen molar-refractivity contribution in [3.8, 4) is 0 Å². The Bertz CT molecular complexity index is 1540. The number of benzene rings is 2. The number of carbonyl (C=O) groups excluding carboxylic acids is 1. The number of aromatic amines is 1. The third kappa shape index (κ3) is 6.12. The highest BCUT2D eigenvalue weighted by atomic mass is 32.2. The van der Waals surface area contributed by atoms with E-state index in [1.54, 1.807) is 24.4 Å². The number of fused-ring (bicyclic) bond motifs is 1. The standard InChI is InChI=1S/C27H30N4O6S/c1-16(2)13-22(31-38(35,36)19-9-5-4-6-10-19)25(32)29-23(26-30-24(27(33)34)17(3)37-26)14-18-15-28-21-12-8-7-11-20(18)21/h4-12,15-16,22-23,28,31H,13-14H2,1-3H3,(H,29,32)(H,33,34)/t22-,23+/m0/s1. The van der Waals surface area contributed by atoms with Gasteiger partial charge in [-0.25, -0.2) is 18.2 Å². The fourth-order valence-corrected chi connectivity index (χ4v) is 5.52. The number of hydrogen-bond donors (Lipinski definition) is 4. The number of nitrogens with zero attached hydrogens (tertiary/aromatic N) is 1. The summed E-state index contributed by atoms with van der Waals surface area (Å²) in [5.74, 6) is -1.69. The Hall–Kier alpha value is -3.96. The summed E-state index contributed by atoms with van der Waals surface area (Å²) in [5.41, 5.74) is 1.50. The quantitative estimate of drug-likeness (QED) is 0.225. The van der Waals surface area contributed by atoms with Crippen LogP contribution in [0.3, 0.4) is 0 Å². The topological polar surface area (TPSA) is 154 Å². The smallest absolute Gasteiger partial charge is 0.358 e. The number of H-pyrrole nitrogens is 1. The lowest BCUT2D eigenvalue weighted by atomic mass is 10.0. The van der Waals surface area contributed by atoms with Gasteiger partial charge in [-0.05, 0) is 43.0 Å². The Labute approximate surface area is 220 Å². The van der Waals surface area contributed by atoms with Crippen molar-refractivity contribution >= 4 is 32.8 Å². The molecule has 38 heavy (non-hydrogen) atoms. The second-order valence-electron chi connectivity index (χ2n) is 9.50. The number of oxazole rings is 1. The van der Waals surface area contributed by atoms with Crippen LogP contribution < -0.4 is 10.0 Å². The van der Waals surface area contributed by atoms with Crippen LogP contribution in [0.2, 0.25) is 0 Å². The van der Waals surface area contributed by atoms with Gasteiger partial charge in [0.25, 0.3) is 0 Å². The number of carbonyl (C=O) groups is 2. The van der Waals surface area contributed by atoms with E-state index in [2.05, 4.69) is 20.0 Å². The number of aromatic nitrogens is 2. The molecule has 0 unspecified atom stereocenters. The fourth-order valence-electron chi connectivity index (χ4n) is 4.29. The van der Waals surface area contributed by atoms with Crippen LogP contribution in [0.15, 0.2) is 70.1 Å². The summed E-state index contributed by atoms with van der Waals surface area (Å²) in [6.07, 6.45) is 2.28. The maximum absolute atomic E-state index is 13.6. The molecular formula is C27H30N4O6S. The number of amides is 1. The molecule has 2 aromatic carbocycles. The van der Waals surface area contributed by atoms with Gasteiger partial charge in [0.15, 0.2) is 5.69 Å². The molecule has 4 rings (SSSR count). The van der Waals surface area contributed by atoms with E-state index in [0.29, 0.717) is 0 Å². The van der Waals surface area contributed by atoms with Crippen molar-refractivity contribution in [3.05, 3.63) is 83.7 Å². The van der Waals surface area contributed by atoms with Crippen molar-refractivity contribution in [1.29, 1.82) is 0 Å². The number of hydrogen-bond acceptors (Lipinski definition) is 6. The summed E-state index contributed by atoms with van der Waals surface area (Å²) >= 11 is 0. The lowest BCUT2D eigenvalue weighted by Crippen LogP contribution is -2.48. The molecule has 0 aliphatic heterocycles. The van der Waals surface area contributed by atoms with Crippen molar-refractivity contribution in [2.75, 3.05) is 0 Å². The molecule has 2 aromatic heterocycles. The summed E-state index contributed by atoms with van der Waals surface area (Å²) < 4.78 is 34.2. The lowest BCUT2D eigenvalue weighted by Gasteiger charge is -2.23. The maximum Gasteiger partial charge on any atom is 0.358 e. The third-order valence-electron chi connectivity index (χ3n) is 6.10. The predicted molar refractivity (Wildman–Crippen MR) is 141 cm³/mol. The van der Waals surface area contributed by atoms with E-state index in [-0.39, 0.29) is 41.0 Å². The zero-order valence-electron chi connectivity index (χ0n) is 21.3. The molecule has 2 atom stereocenters. The Morgan fingerprint density at radius 3 is 2.42 bits per heavy atom. The zero-order valence-corrected chi connectivity index (χ0v) is 22.1. The number of aromatic carboxylic acids is 1. The van der Waals surface area contributed by atoms with Crippen LogP contribution in [-0.4, -0.2) is 41.4 Å². The van der Waals surface area contributed by atoms with Gasteiger partial charge in [0.2, 0.25) is 21.8 Å². The van der Waals surface area contributed by atoms with E-state index < -0.39 is 34.0 Å². The number of sulfonamides is 1. The highest BCUT2D eigenvalue weighted by Gasteiger charge is 2.31. The average Bonchev–Trinajstić information content (AvgIpc) is 3.47. The molecule has 200 valence electrons. The van der Waals surface area contributed by atoms with E-state index in [0.717, 1.165) is 16.5 Å². The third-order valence-corrected chi connectivity index (χ3v) is 7.59. The highest BCUT2D eigenvalue weighted by molar-refractivity contribution is 7.89. The van der Waals surface area contributed by atoms with Crippen LogP contribution in [0.1, 0.15) is 54.0 Å². The van der Waals surface area contributed by atoms with Crippen LogP contribution in [0.25, 0.3) is 10.9 Å². The van der Waals surface area contributed by atoms with Crippen LogP contribution in [0.5, 0.6) is 0 Å². The highest BCUT2D eigenvalue weighted by Crippen LogP contribution is 2.26. The summed E-state index contributed by atoms with van der Waals surface area (Å²) in [4.78, 5) is 32.5. The van der Waals surface area contributed by atoms with Gasteiger partial charge in [-0.3, -0.25) is 4.79 Å². The minimum atomic E-state index is -3.98. The molecule has 4 N–H and O–H groups in total. The van der Waals surface area contributed by atoms with Gasteiger partial charge in [0.05, 0.1) is 4.90 Å². The van der Waals surface area contributed by atoms with Crippen molar-refractivity contribution in [2.24, 2.45) is 5.92 Å². The second kappa shape index (κ2) is 11.2.